The zero-order valence-corrected chi connectivity index (χ0v) is 10.8. The lowest BCUT2D eigenvalue weighted by molar-refractivity contribution is -0.118. The fourth-order valence-electron chi connectivity index (χ4n) is 1.55. The first-order valence-electron chi connectivity index (χ1n) is 5.96. The Labute approximate surface area is 110 Å². The maximum absolute atomic E-state index is 13.6. The zero-order valence-electron chi connectivity index (χ0n) is 10.8. The Balaban J connectivity index is 2.99. The largest absolute Gasteiger partial charge is 0.478 e. The second-order valence-electron chi connectivity index (χ2n) is 4.37. The molecule has 1 aromatic carbocycles. The summed E-state index contributed by atoms with van der Waals surface area (Å²) in [6.45, 7) is 3.67. The third kappa shape index (κ3) is 3.51. The standard InChI is InChI=1S/C13H17FN2O3/c1-3-7(2)10(15)12(17)16-11-8(13(18)19)5-4-6-9(11)14/h4-7,10H,3,15H2,1-2H3,(H,16,17)(H,18,19). The van der Waals surface area contributed by atoms with E-state index in [9.17, 15) is 14.0 Å². The number of nitrogens with two attached hydrogens (primary N) is 1. The predicted molar refractivity (Wildman–Crippen MR) is 69.4 cm³/mol. The number of aromatic carboxylic acids is 1. The van der Waals surface area contributed by atoms with Crippen molar-refractivity contribution in [1.82, 2.24) is 0 Å². The third-order valence-electron chi connectivity index (χ3n) is 3.05. The highest BCUT2D eigenvalue weighted by atomic mass is 19.1. The van der Waals surface area contributed by atoms with Gasteiger partial charge >= 0.3 is 5.97 Å². The molecule has 1 amide bonds. The Morgan fingerprint density at radius 2 is 2.11 bits per heavy atom. The van der Waals surface area contributed by atoms with E-state index in [1.54, 1.807) is 6.92 Å². The summed E-state index contributed by atoms with van der Waals surface area (Å²) in [5.41, 5.74) is 5.06. The van der Waals surface area contributed by atoms with Crippen molar-refractivity contribution in [2.24, 2.45) is 11.7 Å². The molecule has 0 heterocycles. The van der Waals surface area contributed by atoms with Crippen LogP contribution in [0.2, 0.25) is 0 Å². The summed E-state index contributed by atoms with van der Waals surface area (Å²) in [7, 11) is 0. The number of para-hydroxylation sites is 1. The van der Waals surface area contributed by atoms with Crippen LogP contribution in [0, 0.1) is 11.7 Å². The van der Waals surface area contributed by atoms with Crippen LogP contribution in [0.3, 0.4) is 0 Å². The smallest absolute Gasteiger partial charge is 0.337 e. The molecule has 2 unspecified atom stereocenters. The van der Waals surface area contributed by atoms with Gasteiger partial charge in [-0.3, -0.25) is 4.79 Å². The van der Waals surface area contributed by atoms with Crippen molar-refractivity contribution in [1.29, 1.82) is 0 Å². The molecule has 0 bridgehead atoms. The number of anilines is 1. The molecule has 0 aliphatic rings. The van der Waals surface area contributed by atoms with Gasteiger partial charge in [0.05, 0.1) is 17.3 Å². The van der Waals surface area contributed by atoms with Gasteiger partial charge in [0.2, 0.25) is 5.91 Å². The Morgan fingerprint density at radius 3 is 2.63 bits per heavy atom. The highest BCUT2D eigenvalue weighted by molar-refractivity contribution is 6.02. The van der Waals surface area contributed by atoms with E-state index in [4.69, 9.17) is 10.8 Å². The van der Waals surface area contributed by atoms with Gasteiger partial charge in [0.25, 0.3) is 0 Å². The Bertz CT molecular complexity index is 491. The molecule has 4 N–H and O–H groups in total. The van der Waals surface area contributed by atoms with Gasteiger partial charge in [0.1, 0.15) is 5.82 Å². The van der Waals surface area contributed by atoms with Crippen LogP contribution in [-0.2, 0) is 4.79 Å². The number of nitrogens with one attached hydrogen (secondary N) is 1. The molecule has 6 heteroatoms. The molecule has 0 fully saturated rings. The predicted octanol–water partition coefficient (Wildman–Crippen LogP) is 1.84. The number of halogens is 1. The highest BCUT2D eigenvalue weighted by Gasteiger charge is 2.23. The first-order chi connectivity index (χ1) is 8.88. The van der Waals surface area contributed by atoms with Crippen molar-refractivity contribution >= 4 is 17.6 Å². The van der Waals surface area contributed by atoms with E-state index in [0.29, 0.717) is 6.42 Å². The molecule has 0 spiro atoms. The lowest BCUT2D eigenvalue weighted by Crippen LogP contribution is -2.41. The highest BCUT2D eigenvalue weighted by Crippen LogP contribution is 2.20. The Hall–Kier alpha value is -1.95. The van der Waals surface area contributed by atoms with Crippen LogP contribution in [0.1, 0.15) is 30.6 Å². The molecular formula is C13H17FN2O3. The number of carbonyl (C=O) groups is 2. The van der Waals surface area contributed by atoms with Gasteiger partial charge in [-0.2, -0.15) is 0 Å². The quantitative estimate of drug-likeness (QED) is 0.759. The maximum Gasteiger partial charge on any atom is 0.337 e. The van der Waals surface area contributed by atoms with Crippen molar-refractivity contribution in [3.05, 3.63) is 29.6 Å². The third-order valence-corrected chi connectivity index (χ3v) is 3.05. The minimum Gasteiger partial charge on any atom is -0.478 e. The van der Waals surface area contributed by atoms with Crippen molar-refractivity contribution in [2.75, 3.05) is 5.32 Å². The normalized spacial score (nSPS) is 13.7. The second-order valence-corrected chi connectivity index (χ2v) is 4.37. The summed E-state index contributed by atoms with van der Waals surface area (Å²) in [6.07, 6.45) is 0.692. The lowest BCUT2D eigenvalue weighted by atomic mass is 9.99. The monoisotopic (exact) mass is 268 g/mol. The number of hydrogen-bond donors (Lipinski definition) is 3. The van der Waals surface area contributed by atoms with E-state index in [-0.39, 0.29) is 17.2 Å². The van der Waals surface area contributed by atoms with Crippen LogP contribution in [0.25, 0.3) is 0 Å². The van der Waals surface area contributed by atoms with Crippen LogP contribution < -0.4 is 11.1 Å². The Kier molecular flexibility index (Phi) is 5.00. The first-order valence-corrected chi connectivity index (χ1v) is 5.96. The van der Waals surface area contributed by atoms with E-state index in [1.165, 1.54) is 12.1 Å². The van der Waals surface area contributed by atoms with Crippen LogP contribution in [0.4, 0.5) is 10.1 Å². The molecule has 2 atom stereocenters. The molecule has 1 aromatic rings. The molecule has 5 nitrogen and oxygen atoms in total. The average Bonchev–Trinajstić information content (AvgIpc) is 2.38. The van der Waals surface area contributed by atoms with Crippen LogP contribution in [0.5, 0.6) is 0 Å². The van der Waals surface area contributed by atoms with Gasteiger partial charge in [-0.1, -0.05) is 26.3 Å². The summed E-state index contributed by atoms with van der Waals surface area (Å²) in [5, 5.41) is 11.2. The first kappa shape index (κ1) is 15.1. The van der Waals surface area contributed by atoms with Crippen LogP contribution >= 0.6 is 0 Å². The van der Waals surface area contributed by atoms with Gasteiger partial charge in [0, 0.05) is 0 Å². The van der Waals surface area contributed by atoms with Gasteiger partial charge in [-0.15, -0.1) is 0 Å². The minimum absolute atomic E-state index is 0.0833. The lowest BCUT2D eigenvalue weighted by Gasteiger charge is -2.18. The van der Waals surface area contributed by atoms with Crippen molar-refractivity contribution in [2.45, 2.75) is 26.3 Å². The molecule has 0 radical (unpaired) electrons. The van der Waals surface area contributed by atoms with Gasteiger partial charge in [-0.25, -0.2) is 9.18 Å². The van der Waals surface area contributed by atoms with E-state index in [2.05, 4.69) is 5.32 Å². The summed E-state index contributed by atoms with van der Waals surface area (Å²) in [5.74, 6) is -2.79. The SMILES string of the molecule is CCC(C)C(N)C(=O)Nc1c(F)cccc1C(=O)O. The van der Waals surface area contributed by atoms with Crippen LogP contribution in [0.15, 0.2) is 18.2 Å². The Morgan fingerprint density at radius 1 is 1.47 bits per heavy atom. The summed E-state index contributed by atoms with van der Waals surface area (Å²) in [4.78, 5) is 22.8. The fraction of sp³-hybridized carbons (Fsp3) is 0.385. The molecule has 0 aliphatic carbocycles. The number of carboxylic acid groups (broad SMARTS) is 1. The maximum atomic E-state index is 13.6. The van der Waals surface area contributed by atoms with E-state index in [0.717, 1.165) is 6.07 Å². The fourth-order valence-corrected chi connectivity index (χ4v) is 1.55. The van der Waals surface area contributed by atoms with Crippen molar-refractivity contribution in [3.63, 3.8) is 0 Å². The van der Waals surface area contributed by atoms with E-state index < -0.39 is 23.7 Å². The molecule has 0 aliphatic heterocycles. The number of carboxylic acids is 1. The number of benzene rings is 1. The number of hydrogen-bond acceptors (Lipinski definition) is 3. The van der Waals surface area contributed by atoms with E-state index in [1.807, 2.05) is 6.92 Å². The van der Waals surface area contributed by atoms with E-state index >= 15 is 0 Å². The molecule has 1 rings (SSSR count). The molecule has 0 saturated heterocycles. The molecule has 104 valence electrons. The van der Waals surface area contributed by atoms with Crippen LogP contribution in [-0.4, -0.2) is 23.0 Å². The van der Waals surface area contributed by atoms with Crippen molar-refractivity contribution < 1.29 is 19.1 Å². The number of rotatable bonds is 5. The molecule has 0 saturated carbocycles. The average molecular weight is 268 g/mol. The summed E-state index contributed by atoms with van der Waals surface area (Å²) >= 11 is 0. The minimum atomic E-state index is -1.31. The summed E-state index contributed by atoms with van der Waals surface area (Å²) in [6, 6.07) is 2.75. The van der Waals surface area contributed by atoms with Gasteiger partial charge in [0.15, 0.2) is 0 Å². The molecule has 0 aromatic heterocycles. The number of amides is 1. The topological polar surface area (TPSA) is 92.4 Å². The van der Waals surface area contributed by atoms with Gasteiger partial charge < -0.3 is 16.2 Å². The number of carbonyl (C=O) groups excluding carboxylic acids is 1. The second kappa shape index (κ2) is 6.29. The van der Waals surface area contributed by atoms with Crippen molar-refractivity contribution in [3.8, 4) is 0 Å². The molecular weight excluding hydrogens is 251 g/mol. The van der Waals surface area contributed by atoms with Gasteiger partial charge in [-0.05, 0) is 18.1 Å². The summed E-state index contributed by atoms with van der Waals surface area (Å²) < 4.78 is 13.6. The zero-order chi connectivity index (χ0) is 14.6. The molecule has 19 heavy (non-hydrogen) atoms.